The highest BCUT2D eigenvalue weighted by Gasteiger charge is 2.22. The Balaban J connectivity index is 2.75. The monoisotopic (exact) mass is 255 g/mol. The van der Waals surface area contributed by atoms with Gasteiger partial charge in [0.1, 0.15) is 12.2 Å². The number of hydrazine groups is 1. The molecular weight excluding hydrogens is 230 g/mol. The molecule has 6 heteroatoms. The van der Waals surface area contributed by atoms with Gasteiger partial charge in [-0.25, -0.2) is 9.67 Å². The molecule has 2 atom stereocenters. The van der Waals surface area contributed by atoms with Crippen LogP contribution in [0, 0.1) is 0 Å². The molecule has 2 unspecified atom stereocenters. The summed E-state index contributed by atoms with van der Waals surface area (Å²) >= 11 is 0. The molecule has 0 fully saturated rings. The summed E-state index contributed by atoms with van der Waals surface area (Å²) in [4.78, 5) is 4.30. The molecule has 18 heavy (non-hydrogen) atoms. The second-order valence-corrected chi connectivity index (χ2v) is 4.75. The molecule has 0 bridgehead atoms. The fourth-order valence-electron chi connectivity index (χ4n) is 2.11. The molecule has 1 heterocycles. The molecule has 0 spiro atoms. The Bertz CT molecular complexity index is 339. The number of nitrogens with zero attached hydrogens (tertiary/aromatic N) is 3. The third-order valence-electron chi connectivity index (χ3n) is 3.08. The predicted molar refractivity (Wildman–Crippen MR) is 70.9 cm³/mol. The van der Waals surface area contributed by atoms with E-state index in [9.17, 15) is 0 Å². The number of nitrogens with two attached hydrogens (primary N) is 1. The average Bonchev–Trinajstić information content (AvgIpc) is 2.81. The molecule has 6 nitrogen and oxygen atoms in total. The molecule has 0 amide bonds. The van der Waals surface area contributed by atoms with Crippen LogP contribution in [0.5, 0.6) is 0 Å². The van der Waals surface area contributed by atoms with Gasteiger partial charge in [-0.1, -0.05) is 13.3 Å². The maximum Gasteiger partial charge on any atom is 0.138 e. The second-order valence-electron chi connectivity index (χ2n) is 4.75. The summed E-state index contributed by atoms with van der Waals surface area (Å²) in [6, 6.07) is 0.352. The number of hydrogen-bond donors (Lipinski definition) is 2. The summed E-state index contributed by atoms with van der Waals surface area (Å²) < 4.78 is 7.41. The van der Waals surface area contributed by atoms with Gasteiger partial charge in [-0.05, 0) is 20.3 Å². The van der Waals surface area contributed by atoms with Crippen LogP contribution in [0.4, 0.5) is 0 Å². The van der Waals surface area contributed by atoms with Crippen LogP contribution in [0.2, 0.25) is 0 Å². The van der Waals surface area contributed by atoms with E-state index >= 15 is 0 Å². The van der Waals surface area contributed by atoms with E-state index in [-0.39, 0.29) is 12.1 Å². The maximum atomic E-state index is 5.63. The van der Waals surface area contributed by atoms with Crippen molar-refractivity contribution < 1.29 is 4.74 Å². The summed E-state index contributed by atoms with van der Waals surface area (Å²) in [5.74, 6) is 6.57. The van der Waals surface area contributed by atoms with E-state index in [1.807, 2.05) is 4.68 Å². The third kappa shape index (κ3) is 3.76. The Hall–Kier alpha value is -0.980. The molecule has 1 aromatic rings. The summed E-state index contributed by atoms with van der Waals surface area (Å²) in [5, 5.41) is 4.23. The zero-order chi connectivity index (χ0) is 13.5. The van der Waals surface area contributed by atoms with E-state index in [0.29, 0.717) is 12.5 Å². The van der Waals surface area contributed by atoms with Crippen molar-refractivity contribution >= 4 is 0 Å². The summed E-state index contributed by atoms with van der Waals surface area (Å²) in [5.41, 5.74) is 2.84. The smallest absolute Gasteiger partial charge is 0.138 e. The van der Waals surface area contributed by atoms with Crippen molar-refractivity contribution in [3.05, 3.63) is 12.2 Å². The van der Waals surface area contributed by atoms with Crippen LogP contribution in [-0.4, -0.2) is 34.0 Å². The number of nitrogens with one attached hydrogen (secondary N) is 1. The van der Waals surface area contributed by atoms with E-state index in [1.54, 1.807) is 13.4 Å². The van der Waals surface area contributed by atoms with Gasteiger partial charge in [0.2, 0.25) is 0 Å². The Labute approximate surface area is 109 Å². The van der Waals surface area contributed by atoms with Crippen molar-refractivity contribution in [1.82, 2.24) is 20.2 Å². The van der Waals surface area contributed by atoms with Crippen molar-refractivity contribution in [3.8, 4) is 0 Å². The van der Waals surface area contributed by atoms with Crippen LogP contribution in [0.25, 0.3) is 0 Å². The van der Waals surface area contributed by atoms with E-state index in [0.717, 1.165) is 18.7 Å². The highest BCUT2D eigenvalue weighted by molar-refractivity contribution is 4.93. The quantitative estimate of drug-likeness (QED) is 0.536. The van der Waals surface area contributed by atoms with Crippen LogP contribution in [0.15, 0.2) is 6.33 Å². The lowest BCUT2D eigenvalue weighted by molar-refractivity contribution is 0.0599. The minimum atomic E-state index is 0.0525. The van der Waals surface area contributed by atoms with Crippen LogP contribution in [0.1, 0.15) is 45.5 Å². The molecule has 1 aromatic heterocycles. The van der Waals surface area contributed by atoms with Crippen molar-refractivity contribution in [2.24, 2.45) is 5.84 Å². The molecule has 3 N–H and O–H groups in total. The maximum absolute atomic E-state index is 5.63. The molecule has 0 saturated carbocycles. The Morgan fingerprint density at radius 1 is 1.50 bits per heavy atom. The first-order chi connectivity index (χ1) is 8.63. The van der Waals surface area contributed by atoms with Crippen molar-refractivity contribution in [2.75, 3.05) is 7.11 Å². The van der Waals surface area contributed by atoms with Crippen LogP contribution in [-0.2, 0) is 11.2 Å². The largest absolute Gasteiger partial charge is 0.380 e. The topological polar surface area (TPSA) is 78.0 Å². The first-order valence-corrected chi connectivity index (χ1v) is 6.51. The van der Waals surface area contributed by atoms with Gasteiger partial charge in [0.25, 0.3) is 0 Å². The predicted octanol–water partition coefficient (Wildman–Crippen LogP) is 1.05. The molecule has 0 radical (unpaired) electrons. The number of rotatable bonds is 8. The standard InChI is InChI=1S/C12H25N5O/c1-5-6-11(18-4)10(16-13)7-12-14-8-15-17(12)9(2)3/h8-11,16H,5-7,13H2,1-4H3. The molecule has 0 saturated heterocycles. The van der Waals surface area contributed by atoms with Crippen LogP contribution < -0.4 is 11.3 Å². The first-order valence-electron chi connectivity index (χ1n) is 6.51. The molecular formula is C12H25N5O. The average molecular weight is 255 g/mol. The molecule has 0 aromatic carbocycles. The minimum Gasteiger partial charge on any atom is -0.380 e. The molecule has 104 valence electrons. The highest BCUT2D eigenvalue weighted by atomic mass is 16.5. The molecule has 1 rings (SSSR count). The summed E-state index contributed by atoms with van der Waals surface area (Å²) in [6.45, 7) is 6.31. The SMILES string of the molecule is CCCC(OC)C(Cc1ncnn1C(C)C)NN. The van der Waals surface area contributed by atoms with Gasteiger partial charge in [0.15, 0.2) is 0 Å². The van der Waals surface area contributed by atoms with E-state index in [1.165, 1.54) is 0 Å². The number of hydrogen-bond acceptors (Lipinski definition) is 5. The fraction of sp³-hybridized carbons (Fsp3) is 0.833. The second kappa shape index (κ2) is 7.45. The van der Waals surface area contributed by atoms with Gasteiger partial charge in [-0.15, -0.1) is 0 Å². The van der Waals surface area contributed by atoms with Crippen LogP contribution in [0.3, 0.4) is 0 Å². The first kappa shape index (κ1) is 15.1. The lowest BCUT2D eigenvalue weighted by Gasteiger charge is -2.25. The van der Waals surface area contributed by atoms with Gasteiger partial charge in [0, 0.05) is 19.6 Å². The number of aromatic nitrogens is 3. The van der Waals surface area contributed by atoms with E-state index < -0.39 is 0 Å². The Morgan fingerprint density at radius 3 is 2.72 bits per heavy atom. The fourth-order valence-corrected chi connectivity index (χ4v) is 2.11. The van der Waals surface area contributed by atoms with Gasteiger partial charge < -0.3 is 4.74 Å². The molecule has 0 aliphatic carbocycles. The normalized spacial score (nSPS) is 15.0. The third-order valence-corrected chi connectivity index (χ3v) is 3.08. The van der Waals surface area contributed by atoms with E-state index in [4.69, 9.17) is 10.6 Å². The van der Waals surface area contributed by atoms with Gasteiger partial charge in [0.05, 0.1) is 12.1 Å². The van der Waals surface area contributed by atoms with Gasteiger partial charge in [-0.2, -0.15) is 5.10 Å². The van der Waals surface area contributed by atoms with Gasteiger partial charge >= 0.3 is 0 Å². The van der Waals surface area contributed by atoms with Crippen molar-refractivity contribution in [2.45, 2.75) is 58.2 Å². The van der Waals surface area contributed by atoms with E-state index in [2.05, 4.69) is 36.3 Å². The molecule has 0 aliphatic rings. The highest BCUT2D eigenvalue weighted by Crippen LogP contribution is 2.13. The Kier molecular flexibility index (Phi) is 6.24. The number of ether oxygens (including phenoxy) is 1. The zero-order valence-corrected chi connectivity index (χ0v) is 11.8. The lowest BCUT2D eigenvalue weighted by atomic mass is 10.0. The van der Waals surface area contributed by atoms with Crippen molar-refractivity contribution in [3.63, 3.8) is 0 Å². The Morgan fingerprint density at radius 2 is 2.22 bits per heavy atom. The lowest BCUT2D eigenvalue weighted by Crippen LogP contribution is -2.46. The minimum absolute atomic E-state index is 0.0525. The molecule has 0 aliphatic heterocycles. The van der Waals surface area contributed by atoms with Crippen LogP contribution >= 0.6 is 0 Å². The zero-order valence-electron chi connectivity index (χ0n) is 11.8. The van der Waals surface area contributed by atoms with Gasteiger partial charge in [-0.3, -0.25) is 11.3 Å². The number of methoxy groups -OCH3 is 1. The summed E-state index contributed by atoms with van der Waals surface area (Å²) in [7, 11) is 1.72. The summed E-state index contributed by atoms with van der Waals surface area (Å²) in [6.07, 6.45) is 4.43. The van der Waals surface area contributed by atoms with Crippen molar-refractivity contribution in [1.29, 1.82) is 0 Å².